The van der Waals surface area contributed by atoms with Crippen molar-refractivity contribution in [3.63, 3.8) is 0 Å². The van der Waals surface area contributed by atoms with Gasteiger partial charge in [0.05, 0.1) is 18.8 Å². The molecule has 0 radical (unpaired) electrons. The maximum atomic E-state index is 9.93. The Morgan fingerprint density at radius 2 is 1.95 bits per heavy atom. The summed E-state index contributed by atoms with van der Waals surface area (Å²) in [7, 11) is 0. The predicted octanol–water partition coefficient (Wildman–Crippen LogP) is 3.02. The zero-order valence-electron chi connectivity index (χ0n) is 11.6. The molecular formula is C16H24O3. The summed E-state index contributed by atoms with van der Waals surface area (Å²) in [4.78, 5) is 0. The topological polar surface area (TPSA) is 38.7 Å². The van der Waals surface area contributed by atoms with Gasteiger partial charge >= 0.3 is 0 Å². The average Bonchev–Trinajstić information content (AvgIpc) is 2.46. The van der Waals surface area contributed by atoms with Crippen LogP contribution in [0.1, 0.15) is 32.6 Å². The Labute approximate surface area is 115 Å². The molecule has 1 saturated carbocycles. The summed E-state index contributed by atoms with van der Waals surface area (Å²) in [6.07, 6.45) is 3.81. The van der Waals surface area contributed by atoms with Crippen molar-refractivity contribution in [1.82, 2.24) is 0 Å². The lowest BCUT2D eigenvalue weighted by Gasteiger charge is -2.32. The van der Waals surface area contributed by atoms with E-state index in [9.17, 15) is 5.11 Å². The molecule has 1 N–H and O–H groups in total. The van der Waals surface area contributed by atoms with Gasteiger partial charge in [-0.15, -0.1) is 0 Å². The van der Waals surface area contributed by atoms with Gasteiger partial charge in [0.15, 0.2) is 0 Å². The SMILES string of the molecule is CCC1CCC(O)C(OCCOc2ccccc2)C1. The molecule has 0 saturated heterocycles. The molecule has 3 heteroatoms. The fourth-order valence-corrected chi connectivity index (χ4v) is 2.62. The van der Waals surface area contributed by atoms with E-state index in [1.807, 2.05) is 30.3 Å². The van der Waals surface area contributed by atoms with Crippen LogP contribution in [-0.2, 0) is 4.74 Å². The van der Waals surface area contributed by atoms with Gasteiger partial charge in [-0.3, -0.25) is 0 Å². The highest BCUT2D eigenvalue weighted by Gasteiger charge is 2.28. The molecule has 0 aromatic heterocycles. The van der Waals surface area contributed by atoms with Crippen LogP contribution in [0.4, 0.5) is 0 Å². The maximum absolute atomic E-state index is 9.93. The molecule has 3 unspecified atom stereocenters. The number of aliphatic hydroxyl groups excluding tert-OH is 1. The lowest BCUT2D eigenvalue weighted by molar-refractivity contribution is -0.0770. The Hall–Kier alpha value is -1.06. The molecule has 1 aromatic rings. The largest absolute Gasteiger partial charge is 0.491 e. The van der Waals surface area contributed by atoms with Crippen LogP contribution in [0.25, 0.3) is 0 Å². The fourth-order valence-electron chi connectivity index (χ4n) is 2.62. The highest BCUT2D eigenvalue weighted by Crippen LogP contribution is 2.28. The first-order valence-electron chi connectivity index (χ1n) is 7.27. The van der Waals surface area contributed by atoms with E-state index in [0.717, 1.165) is 25.0 Å². The molecule has 1 aromatic carbocycles. The molecule has 0 bridgehead atoms. The fraction of sp³-hybridized carbons (Fsp3) is 0.625. The molecule has 2 rings (SSSR count). The van der Waals surface area contributed by atoms with Gasteiger partial charge in [-0.05, 0) is 37.3 Å². The summed E-state index contributed by atoms with van der Waals surface area (Å²) < 4.78 is 11.4. The van der Waals surface area contributed by atoms with Gasteiger partial charge < -0.3 is 14.6 Å². The normalized spacial score (nSPS) is 27.2. The van der Waals surface area contributed by atoms with Crippen molar-refractivity contribution in [1.29, 1.82) is 0 Å². The highest BCUT2D eigenvalue weighted by molar-refractivity contribution is 5.20. The second-order valence-corrected chi connectivity index (χ2v) is 5.23. The van der Waals surface area contributed by atoms with E-state index in [1.54, 1.807) is 0 Å². The van der Waals surface area contributed by atoms with Gasteiger partial charge in [-0.25, -0.2) is 0 Å². The van der Waals surface area contributed by atoms with Crippen molar-refractivity contribution >= 4 is 0 Å². The van der Waals surface area contributed by atoms with Crippen LogP contribution in [0.2, 0.25) is 0 Å². The van der Waals surface area contributed by atoms with Crippen molar-refractivity contribution in [2.24, 2.45) is 5.92 Å². The molecule has 1 aliphatic rings. The minimum atomic E-state index is -0.306. The Morgan fingerprint density at radius 1 is 1.16 bits per heavy atom. The van der Waals surface area contributed by atoms with Crippen LogP contribution < -0.4 is 4.74 Å². The standard InChI is InChI=1S/C16H24O3/c1-2-13-8-9-15(17)16(12-13)19-11-10-18-14-6-4-3-5-7-14/h3-7,13,15-17H,2,8-12H2,1H3. The molecular weight excluding hydrogens is 240 g/mol. The highest BCUT2D eigenvalue weighted by atomic mass is 16.5. The number of ether oxygens (including phenoxy) is 2. The van der Waals surface area contributed by atoms with Gasteiger partial charge in [0.25, 0.3) is 0 Å². The van der Waals surface area contributed by atoms with Crippen LogP contribution in [0, 0.1) is 5.92 Å². The number of hydrogen-bond acceptors (Lipinski definition) is 3. The number of hydrogen-bond donors (Lipinski definition) is 1. The van der Waals surface area contributed by atoms with Crippen LogP contribution in [-0.4, -0.2) is 30.5 Å². The van der Waals surface area contributed by atoms with Crippen LogP contribution >= 0.6 is 0 Å². The maximum Gasteiger partial charge on any atom is 0.119 e. The first-order chi connectivity index (χ1) is 9.29. The summed E-state index contributed by atoms with van der Waals surface area (Å²) in [5.74, 6) is 1.56. The molecule has 19 heavy (non-hydrogen) atoms. The van der Waals surface area contributed by atoms with Crippen LogP contribution in [0.3, 0.4) is 0 Å². The second-order valence-electron chi connectivity index (χ2n) is 5.23. The van der Waals surface area contributed by atoms with E-state index >= 15 is 0 Å². The van der Waals surface area contributed by atoms with Crippen molar-refractivity contribution in [2.45, 2.75) is 44.8 Å². The predicted molar refractivity (Wildman–Crippen MR) is 75.3 cm³/mol. The Morgan fingerprint density at radius 3 is 2.68 bits per heavy atom. The van der Waals surface area contributed by atoms with Gasteiger partial charge in [-0.2, -0.15) is 0 Å². The van der Waals surface area contributed by atoms with E-state index in [2.05, 4.69) is 6.92 Å². The quantitative estimate of drug-likeness (QED) is 0.803. The minimum absolute atomic E-state index is 0.0157. The molecule has 3 atom stereocenters. The second kappa shape index (κ2) is 7.51. The molecule has 0 spiro atoms. The number of aliphatic hydroxyl groups is 1. The van der Waals surface area contributed by atoms with E-state index in [-0.39, 0.29) is 12.2 Å². The van der Waals surface area contributed by atoms with E-state index in [1.165, 1.54) is 6.42 Å². The average molecular weight is 264 g/mol. The number of benzene rings is 1. The van der Waals surface area contributed by atoms with Crippen molar-refractivity contribution < 1.29 is 14.6 Å². The number of para-hydroxylation sites is 1. The third-order valence-corrected chi connectivity index (χ3v) is 3.87. The van der Waals surface area contributed by atoms with Gasteiger partial charge in [0.1, 0.15) is 12.4 Å². The molecule has 3 nitrogen and oxygen atoms in total. The van der Waals surface area contributed by atoms with Crippen molar-refractivity contribution in [3.8, 4) is 5.75 Å². The third kappa shape index (κ3) is 4.51. The summed E-state index contributed by atoms with van der Waals surface area (Å²) in [5.41, 5.74) is 0. The molecule has 1 aliphatic carbocycles. The Bertz CT molecular complexity index is 352. The van der Waals surface area contributed by atoms with Crippen LogP contribution in [0.5, 0.6) is 5.75 Å². The Balaban J connectivity index is 1.67. The lowest BCUT2D eigenvalue weighted by atomic mass is 9.84. The summed E-state index contributed by atoms with van der Waals surface area (Å²) in [6.45, 7) is 3.27. The monoisotopic (exact) mass is 264 g/mol. The minimum Gasteiger partial charge on any atom is -0.491 e. The van der Waals surface area contributed by atoms with Crippen LogP contribution in [0.15, 0.2) is 30.3 Å². The number of rotatable bonds is 6. The molecule has 106 valence electrons. The zero-order chi connectivity index (χ0) is 13.5. The lowest BCUT2D eigenvalue weighted by Crippen LogP contribution is -2.36. The van der Waals surface area contributed by atoms with E-state index in [4.69, 9.17) is 9.47 Å². The zero-order valence-corrected chi connectivity index (χ0v) is 11.6. The first kappa shape index (κ1) is 14.4. The summed E-state index contributed by atoms with van der Waals surface area (Å²) >= 11 is 0. The summed E-state index contributed by atoms with van der Waals surface area (Å²) in [5, 5.41) is 9.93. The third-order valence-electron chi connectivity index (χ3n) is 3.87. The summed E-state index contributed by atoms with van der Waals surface area (Å²) in [6, 6.07) is 9.73. The van der Waals surface area contributed by atoms with E-state index in [0.29, 0.717) is 19.1 Å². The molecule has 0 heterocycles. The van der Waals surface area contributed by atoms with Gasteiger partial charge in [0, 0.05) is 0 Å². The first-order valence-corrected chi connectivity index (χ1v) is 7.27. The Kier molecular flexibility index (Phi) is 5.67. The molecule has 1 fully saturated rings. The smallest absolute Gasteiger partial charge is 0.119 e. The van der Waals surface area contributed by atoms with E-state index < -0.39 is 0 Å². The van der Waals surface area contributed by atoms with Gasteiger partial charge in [0.2, 0.25) is 0 Å². The molecule has 0 amide bonds. The van der Waals surface area contributed by atoms with Crippen molar-refractivity contribution in [3.05, 3.63) is 30.3 Å². The van der Waals surface area contributed by atoms with Gasteiger partial charge in [-0.1, -0.05) is 31.5 Å². The van der Waals surface area contributed by atoms with Crippen molar-refractivity contribution in [2.75, 3.05) is 13.2 Å². The molecule has 0 aliphatic heterocycles.